The summed E-state index contributed by atoms with van der Waals surface area (Å²) in [5, 5.41) is 184. The molecule has 0 spiro atoms. The molecule has 0 saturated carbocycles. The zero-order valence-electron chi connectivity index (χ0n) is 47.0. The number of amides is 5. The third-order valence-corrected chi connectivity index (χ3v) is 14.4. The van der Waals surface area contributed by atoms with E-state index >= 15 is 0 Å². The SMILES string of the molecule is CN[C@H](C(=O)N[C@H](C(=O)N[C@H](C(=O)N[C@H](C(=O)N[C@H](C(C)=O)[C@@H](C)O)[C@@H](C)O)[C@@H](C)O[C@H]1OC(CO[C@@H]2OC(CO)[C@H](O)C(O)C2O[C@@H]2OC(CO)[C@H](O)C(O)C2O)[C@@H](O[C@@H]2O[C@@H](CO)[C@H](O)C(O)C2O)C(O)C1NC(C)=O)[C@@H](C)O)[C@@H](C)O. The van der Waals surface area contributed by atoms with Gasteiger partial charge in [-0.25, -0.2) is 0 Å². The van der Waals surface area contributed by atoms with Crippen LogP contribution in [0.5, 0.6) is 0 Å². The number of carbonyl (C=O) groups excluding carboxylic acids is 6. The third-order valence-electron chi connectivity index (χ3n) is 14.4. The van der Waals surface area contributed by atoms with Crippen LogP contribution in [-0.2, 0) is 66.7 Å². The minimum Gasteiger partial charge on any atom is -0.394 e. The first-order valence-corrected chi connectivity index (χ1v) is 26.8. The maximum Gasteiger partial charge on any atom is 0.246 e. The van der Waals surface area contributed by atoms with Crippen molar-refractivity contribution in [1.29, 1.82) is 0 Å². The summed E-state index contributed by atoms with van der Waals surface area (Å²) in [7, 11) is 1.30. The van der Waals surface area contributed by atoms with Gasteiger partial charge in [0.2, 0.25) is 29.5 Å². The molecule has 4 rings (SSSR count). The van der Waals surface area contributed by atoms with Crippen molar-refractivity contribution in [3.8, 4) is 0 Å². The van der Waals surface area contributed by atoms with Gasteiger partial charge in [-0.2, -0.15) is 0 Å². The van der Waals surface area contributed by atoms with Crippen molar-refractivity contribution in [3.05, 3.63) is 0 Å². The Morgan fingerprint density at radius 3 is 1.21 bits per heavy atom. The number of carbonyl (C=O) groups is 6. The topological polar surface area (TPSA) is 572 Å². The van der Waals surface area contributed by atoms with Gasteiger partial charge in [-0.15, -0.1) is 0 Å². The Hall–Kier alpha value is -3.98. The van der Waals surface area contributed by atoms with Gasteiger partial charge >= 0.3 is 0 Å². The highest BCUT2D eigenvalue weighted by molar-refractivity contribution is 5.96. The molecule has 84 heavy (non-hydrogen) atoms. The van der Waals surface area contributed by atoms with Gasteiger partial charge in [-0.3, -0.25) is 28.8 Å². The monoisotopic (exact) mass is 1220 g/mol. The van der Waals surface area contributed by atoms with Gasteiger partial charge in [-0.05, 0) is 48.6 Å². The fraction of sp³-hybridized carbons (Fsp3) is 0.875. The molecule has 4 aliphatic heterocycles. The van der Waals surface area contributed by atoms with Crippen molar-refractivity contribution < 1.29 is 148 Å². The van der Waals surface area contributed by atoms with E-state index in [0.717, 1.165) is 41.5 Å². The van der Waals surface area contributed by atoms with E-state index in [4.69, 9.17) is 37.9 Å². The molecule has 36 heteroatoms. The first-order valence-electron chi connectivity index (χ1n) is 26.8. The molecule has 36 nitrogen and oxygen atoms in total. The minimum absolute atomic E-state index is 0.741. The van der Waals surface area contributed by atoms with E-state index in [-0.39, 0.29) is 0 Å². The number of Topliss-reactive ketones (excluding diaryl/α,β-unsaturated/α-hetero) is 1. The molecule has 0 aromatic carbocycles. The van der Waals surface area contributed by atoms with Crippen molar-refractivity contribution in [2.24, 2.45) is 0 Å². The molecule has 0 aliphatic carbocycles. The number of nitrogens with one attached hydrogen (secondary N) is 6. The van der Waals surface area contributed by atoms with Crippen LogP contribution in [0, 0.1) is 0 Å². The lowest BCUT2D eigenvalue weighted by atomic mass is 9.95. The van der Waals surface area contributed by atoms with Gasteiger partial charge in [0.25, 0.3) is 0 Å². The molecule has 0 aromatic rings. The third kappa shape index (κ3) is 17.9. The lowest BCUT2D eigenvalue weighted by molar-refractivity contribution is -0.377. The summed E-state index contributed by atoms with van der Waals surface area (Å²) in [6.45, 7) is 3.59. The van der Waals surface area contributed by atoms with Gasteiger partial charge in [0.1, 0.15) is 128 Å². The molecule has 30 atom stereocenters. The van der Waals surface area contributed by atoms with Crippen LogP contribution in [-0.4, -0.2) is 334 Å². The summed E-state index contributed by atoms with van der Waals surface area (Å²) in [4.78, 5) is 80.9. The minimum atomic E-state index is -2.22. The molecule has 486 valence electrons. The van der Waals surface area contributed by atoms with Crippen LogP contribution >= 0.6 is 0 Å². The highest BCUT2D eigenvalue weighted by Crippen LogP contribution is 2.34. The van der Waals surface area contributed by atoms with Crippen LogP contribution in [0.3, 0.4) is 0 Å². The zero-order chi connectivity index (χ0) is 63.5. The molecule has 4 heterocycles. The molecular formula is C48H84N6O30. The van der Waals surface area contributed by atoms with E-state index in [2.05, 4.69) is 31.9 Å². The molecule has 11 unspecified atom stereocenters. The van der Waals surface area contributed by atoms with Gasteiger partial charge in [0, 0.05) is 6.92 Å². The predicted molar refractivity (Wildman–Crippen MR) is 272 cm³/mol. The maximum absolute atomic E-state index is 14.6. The molecule has 4 fully saturated rings. The molecule has 22 N–H and O–H groups in total. The Labute approximate surface area is 480 Å². The lowest BCUT2D eigenvalue weighted by Gasteiger charge is -2.49. The van der Waals surface area contributed by atoms with E-state index in [1.54, 1.807) is 0 Å². The molecule has 4 aliphatic rings. The first kappa shape index (κ1) is 72.5. The summed E-state index contributed by atoms with van der Waals surface area (Å²) in [6, 6.07) is -11.0. The van der Waals surface area contributed by atoms with E-state index < -0.39 is 245 Å². The van der Waals surface area contributed by atoms with Crippen molar-refractivity contribution in [3.63, 3.8) is 0 Å². The summed E-state index contributed by atoms with van der Waals surface area (Å²) in [5.74, 6) is -6.69. The molecule has 5 amide bonds. The van der Waals surface area contributed by atoms with Gasteiger partial charge in [-0.1, -0.05) is 0 Å². The Kier molecular flexibility index (Phi) is 27.9. The molecular weight excluding hydrogens is 1140 g/mol. The number of hydrogen-bond acceptors (Lipinski definition) is 31. The van der Waals surface area contributed by atoms with E-state index in [0.29, 0.717) is 0 Å². The molecule has 0 bridgehead atoms. The lowest BCUT2D eigenvalue weighted by Crippen LogP contribution is -2.69. The van der Waals surface area contributed by atoms with Crippen LogP contribution in [0.1, 0.15) is 48.5 Å². The summed E-state index contributed by atoms with van der Waals surface area (Å²) < 4.78 is 46.8. The maximum atomic E-state index is 14.6. The second kappa shape index (κ2) is 32.3. The quantitative estimate of drug-likeness (QED) is 0.0346. The van der Waals surface area contributed by atoms with Crippen LogP contribution in [0.2, 0.25) is 0 Å². The fourth-order valence-electron chi connectivity index (χ4n) is 9.54. The second-order valence-corrected chi connectivity index (χ2v) is 21.0. The van der Waals surface area contributed by atoms with Crippen LogP contribution < -0.4 is 31.9 Å². The fourth-order valence-corrected chi connectivity index (χ4v) is 9.54. The van der Waals surface area contributed by atoms with E-state index in [9.17, 15) is 110 Å². The van der Waals surface area contributed by atoms with Gasteiger partial charge in [0.15, 0.2) is 30.9 Å². The smallest absolute Gasteiger partial charge is 0.246 e. The van der Waals surface area contributed by atoms with Gasteiger partial charge in [0.05, 0.1) is 56.9 Å². The van der Waals surface area contributed by atoms with Crippen molar-refractivity contribution in [1.82, 2.24) is 31.9 Å². The normalized spacial score (nSPS) is 37.3. The number of rotatable bonds is 28. The van der Waals surface area contributed by atoms with Gasteiger partial charge < -0.3 is 152 Å². The Balaban J connectivity index is 1.84. The number of aliphatic hydroxyl groups excluding tert-OH is 16. The summed E-state index contributed by atoms with van der Waals surface area (Å²) >= 11 is 0. The average Bonchev–Trinajstić information content (AvgIpc) is 2.30. The standard InChI is InChI=1S/C48H84N6O30/c1-13(58)24(14(2)59)51-42(74)26(16(4)61)53-44(76)28(54-43(75)27(17(5)62)52-41(73)25(49-8)15(3)60)18(6)78-45-29(50-19(7)63)33(67)39(83-46-37(71)34(68)30(64)20(9-55)79-46)23(82-45)12-77-48-40(36(70)32(66)22(11-57)81-48)84-47-38(72)35(69)31(65)21(10-56)80-47/h13,15-18,20-40,45-49,55-58,60-62,64-72H,9-12H2,1-8H3,(H,50,63)(H,51,74)(H,52,73)(H,53,76)(H,54,75)/t13-,15-,16-,17-,18-,20+,21?,22?,23?,24+,25+,26+,27+,28+,29?,30+,31+,32+,33?,34?,35?,36?,37?,38?,39-,40?,45+,46+,47+,48-/m1/s1. The highest BCUT2D eigenvalue weighted by atomic mass is 16.8. The van der Waals surface area contributed by atoms with Crippen LogP contribution in [0.4, 0.5) is 0 Å². The van der Waals surface area contributed by atoms with Crippen molar-refractivity contribution in [2.75, 3.05) is 33.5 Å². The highest BCUT2D eigenvalue weighted by Gasteiger charge is 2.55. The van der Waals surface area contributed by atoms with Crippen molar-refractivity contribution in [2.45, 2.75) is 232 Å². The Morgan fingerprint density at radius 2 is 0.810 bits per heavy atom. The molecule has 0 radical (unpaired) electrons. The Bertz CT molecular complexity index is 2140. The number of aliphatic hydroxyl groups is 16. The van der Waals surface area contributed by atoms with Crippen LogP contribution in [0.25, 0.3) is 0 Å². The number of hydrogen-bond donors (Lipinski definition) is 22. The largest absolute Gasteiger partial charge is 0.394 e. The first-order chi connectivity index (χ1) is 39.3. The van der Waals surface area contributed by atoms with Crippen LogP contribution in [0.15, 0.2) is 0 Å². The summed E-state index contributed by atoms with van der Waals surface area (Å²) in [5.41, 5.74) is 0. The number of ketones is 1. The molecule has 4 saturated heterocycles. The predicted octanol–water partition coefficient (Wildman–Crippen LogP) is -13.6. The second-order valence-electron chi connectivity index (χ2n) is 21.0. The van der Waals surface area contributed by atoms with E-state index in [1.807, 2.05) is 0 Å². The molecule has 0 aromatic heterocycles. The summed E-state index contributed by atoms with van der Waals surface area (Å²) in [6.07, 6.45) is -46.1. The Morgan fingerprint density at radius 1 is 0.440 bits per heavy atom. The number of ether oxygens (including phenoxy) is 8. The van der Waals surface area contributed by atoms with Crippen molar-refractivity contribution >= 4 is 35.3 Å². The average molecular weight is 1230 g/mol. The van der Waals surface area contributed by atoms with E-state index in [1.165, 1.54) is 14.0 Å². The number of likely N-dealkylation sites (N-methyl/N-ethyl adjacent to an activating group) is 1. The zero-order valence-corrected chi connectivity index (χ0v) is 47.0.